The smallest absolute Gasteiger partial charge is 0.309 e. The first kappa shape index (κ1) is 12.1. The highest BCUT2D eigenvalue weighted by Crippen LogP contribution is 2.27. The lowest BCUT2D eigenvalue weighted by atomic mass is 9.94. The van der Waals surface area contributed by atoms with Crippen LogP contribution in [0, 0.1) is 11.8 Å². The summed E-state index contributed by atoms with van der Waals surface area (Å²) in [5.74, 6) is 0.115. The summed E-state index contributed by atoms with van der Waals surface area (Å²) in [5.41, 5.74) is 1.14. The van der Waals surface area contributed by atoms with Gasteiger partial charge in [-0.1, -0.05) is 44.2 Å². The van der Waals surface area contributed by atoms with Gasteiger partial charge in [-0.25, -0.2) is 0 Å². The molecule has 0 radical (unpaired) electrons. The molecule has 1 fully saturated rings. The zero-order chi connectivity index (χ0) is 12.3. The topological polar surface area (TPSA) is 35.5 Å². The van der Waals surface area contributed by atoms with Gasteiger partial charge in [0, 0.05) is 5.92 Å². The molecule has 1 heterocycles. The SMILES string of the molecule is C[C@@H]1[C@@H](COCc2ccccc2)OC(=O)[C@@H]1C. The second-order valence-corrected chi connectivity index (χ2v) is 4.62. The summed E-state index contributed by atoms with van der Waals surface area (Å²) in [5, 5.41) is 0. The van der Waals surface area contributed by atoms with E-state index < -0.39 is 0 Å². The number of cyclic esters (lactones) is 1. The van der Waals surface area contributed by atoms with Gasteiger partial charge in [0.1, 0.15) is 6.10 Å². The third kappa shape index (κ3) is 2.86. The maximum Gasteiger partial charge on any atom is 0.309 e. The van der Waals surface area contributed by atoms with Gasteiger partial charge in [-0.05, 0) is 5.56 Å². The fourth-order valence-corrected chi connectivity index (χ4v) is 1.95. The molecule has 92 valence electrons. The molecule has 3 heteroatoms. The molecule has 0 unspecified atom stereocenters. The number of ether oxygens (including phenoxy) is 2. The number of carbonyl (C=O) groups excluding carboxylic acids is 1. The van der Waals surface area contributed by atoms with Crippen LogP contribution in [0.1, 0.15) is 19.4 Å². The molecule has 3 atom stereocenters. The normalized spacial score (nSPS) is 28.1. The van der Waals surface area contributed by atoms with Gasteiger partial charge < -0.3 is 9.47 Å². The molecule has 0 saturated carbocycles. The van der Waals surface area contributed by atoms with E-state index >= 15 is 0 Å². The quantitative estimate of drug-likeness (QED) is 0.750. The minimum absolute atomic E-state index is 0.0136. The number of carbonyl (C=O) groups is 1. The average molecular weight is 234 g/mol. The second-order valence-electron chi connectivity index (χ2n) is 4.62. The molecule has 0 aliphatic carbocycles. The minimum Gasteiger partial charge on any atom is -0.459 e. The summed E-state index contributed by atoms with van der Waals surface area (Å²) in [6.07, 6.45) is -0.0961. The van der Waals surface area contributed by atoms with Crippen LogP contribution in [0.2, 0.25) is 0 Å². The van der Waals surface area contributed by atoms with E-state index in [4.69, 9.17) is 9.47 Å². The van der Waals surface area contributed by atoms with Gasteiger partial charge in [0.05, 0.1) is 19.1 Å². The first-order valence-electron chi connectivity index (χ1n) is 6.00. The van der Waals surface area contributed by atoms with E-state index in [2.05, 4.69) is 0 Å². The van der Waals surface area contributed by atoms with Crippen LogP contribution < -0.4 is 0 Å². The first-order chi connectivity index (χ1) is 8.18. The van der Waals surface area contributed by atoms with Gasteiger partial charge in [-0.2, -0.15) is 0 Å². The van der Waals surface area contributed by atoms with E-state index in [-0.39, 0.29) is 23.9 Å². The van der Waals surface area contributed by atoms with E-state index in [1.165, 1.54) is 0 Å². The van der Waals surface area contributed by atoms with Crippen LogP contribution in [-0.4, -0.2) is 18.7 Å². The van der Waals surface area contributed by atoms with Gasteiger partial charge >= 0.3 is 5.97 Å². The molecule has 1 aliphatic heterocycles. The summed E-state index contributed by atoms with van der Waals surface area (Å²) >= 11 is 0. The number of benzene rings is 1. The Hall–Kier alpha value is -1.35. The second kappa shape index (κ2) is 5.32. The van der Waals surface area contributed by atoms with Crippen LogP contribution in [-0.2, 0) is 20.9 Å². The van der Waals surface area contributed by atoms with Crippen molar-refractivity contribution in [1.82, 2.24) is 0 Å². The Morgan fingerprint density at radius 3 is 2.53 bits per heavy atom. The molecule has 1 aromatic carbocycles. The van der Waals surface area contributed by atoms with Crippen molar-refractivity contribution >= 4 is 5.97 Å². The Balaban J connectivity index is 1.78. The maximum absolute atomic E-state index is 11.4. The molecule has 0 aromatic heterocycles. The van der Waals surface area contributed by atoms with Crippen molar-refractivity contribution in [1.29, 1.82) is 0 Å². The van der Waals surface area contributed by atoms with E-state index in [0.29, 0.717) is 13.2 Å². The molecule has 1 aromatic rings. The van der Waals surface area contributed by atoms with Gasteiger partial charge in [0.15, 0.2) is 0 Å². The van der Waals surface area contributed by atoms with Crippen molar-refractivity contribution in [2.75, 3.05) is 6.61 Å². The summed E-state index contributed by atoms with van der Waals surface area (Å²) in [4.78, 5) is 11.4. The third-order valence-electron chi connectivity index (χ3n) is 3.41. The number of rotatable bonds is 4. The Labute approximate surface area is 102 Å². The zero-order valence-corrected chi connectivity index (χ0v) is 10.3. The molecular formula is C14H18O3. The molecule has 0 amide bonds. The van der Waals surface area contributed by atoms with E-state index in [0.717, 1.165) is 5.56 Å². The lowest BCUT2D eigenvalue weighted by Gasteiger charge is -2.15. The Morgan fingerprint density at radius 2 is 1.94 bits per heavy atom. The minimum atomic E-state index is -0.106. The third-order valence-corrected chi connectivity index (χ3v) is 3.41. The standard InChI is InChI=1S/C14H18O3/c1-10-11(2)14(15)17-13(10)9-16-8-12-6-4-3-5-7-12/h3-7,10-11,13H,8-9H2,1-2H3/t10-,11+,13+/m0/s1. The van der Waals surface area contributed by atoms with Gasteiger partial charge in [-0.3, -0.25) is 4.79 Å². The molecule has 3 nitrogen and oxygen atoms in total. The first-order valence-corrected chi connectivity index (χ1v) is 6.00. The largest absolute Gasteiger partial charge is 0.459 e. The van der Waals surface area contributed by atoms with Gasteiger partial charge in [-0.15, -0.1) is 0 Å². The van der Waals surface area contributed by atoms with Crippen molar-refractivity contribution in [2.45, 2.75) is 26.6 Å². The summed E-state index contributed by atoms with van der Waals surface area (Å²) in [6.45, 7) is 4.98. The van der Waals surface area contributed by atoms with Gasteiger partial charge in [0.2, 0.25) is 0 Å². The van der Waals surface area contributed by atoms with Crippen molar-refractivity contribution in [2.24, 2.45) is 11.8 Å². The molecule has 1 saturated heterocycles. The van der Waals surface area contributed by atoms with Crippen molar-refractivity contribution < 1.29 is 14.3 Å². The predicted molar refractivity (Wildman–Crippen MR) is 64.3 cm³/mol. The highest BCUT2D eigenvalue weighted by Gasteiger charge is 2.38. The number of hydrogen-bond donors (Lipinski definition) is 0. The lowest BCUT2D eigenvalue weighted by molar-refractivity contribution is -0.146. The molecule has 2 rings (SSSR count). The van der Waals surface area contributed by atoms with Crippen LogP contribution in [0.4, 0.5) is 0 Å². The lowest BCUT2D eigenvalue weighted by Crippen LogP contribution is -2.22. The van der Waals surface area contributed by atoms with Crippen LogP contribution in [0.15, 0.2) is 30.3 Å². The Bertz CT molecular complexity index is 374. The zero-order valence-electron chi connectivity index (χ0n) is 10.3. The average Bonchev–Trinajstić information content (AvgIpc) is 2.59. The number of hydrogen-bond acceptors (Lipinski definition) is 3. The van der Waals surface area contributed by atoms with Crippen molar-refractivity contribution in [3.05, 3.63) is 35.9 Å². The van der Waals surface area contributed by atoms with Gasteiger partial charge in [0.25, 0.3) is 0 Å². The summed E-state index contributed by atoms with van der Waals surface area (Å²) in [6, 6.07) is 9.99. The predicted octanol–water partition coefficient (Wildman–Crippen LogP) is 2.40. The molecule has 1 aliphatic rings. The summed E-state index contributed by atoms with van der Waals surface area (Å²) in [7, 11) is 0. The molecule has 17 heavy (non-hydrogen) atoms. The molecular weight excluding hydrogens is 216 g/mol. The molecule has 0 bridgehead atoms. The van der Waals surface area contributed by atoms with Crippen LogP contribution >= 0.6 is 0 Å². The molecule has 0 spiro atoms. The van der Waals surface area contributed by atoms with E-state index in [1.54, 1.807) is 0 Å². The highest BCUT2D eigenvalue weighted by molar-refractivity contribution is 5.74. The fourth-order valence-electron chi connectivity index (χ4n) is 1.95. The number of esters is 1. The van der Waals surface area contributed by atoms with Crippen molar-refractivity contribution in [3.8, 4) is 0 Å². The van der Waals surface area contributed by atoms with Crippen LogP contribution in [0.3, 0.4) is 0 Å². The van der Waals surface area contributed by atoms with E-state index in [9.17, 15) is 4.79 Å². The van der Waals surface area contributed by atoms with Crippen LogP contribution in [0.5, 0.6) is 0 Å². The Morgan fingerprint density at radius 1 is 1.24 bits per heavy atom. The Kier molecular flexibility index (Phi) is 3.79. The fraction of sp³-hybridized carbons (Fsp3) is 0.500. The maximum atomic E-state index is 11.4. The van der Waals surface area contributed by atoms with Crippen LogP contribution in [0.25, 0.3) is 0 Å². The summed E-state index contributed by atoms with van der Waals surface area (Å²) < 4.78 is 10.9. The monoisotopic (exact) mass is 234 g/mol. The molecule has 0 N–H and O–H groups in total. The van der Waals surface area contributed by atoms with E-state index in [1.807, 2.05) is 44.2 Å². The highest BCUT2D eigenvalue weighted by atomic mass is 16.6. The van der Waals surface area contributed by atoms with Crippen molar-refractivity contribution in [3.63, 3.8) is 0 Å².